The Morgan fingerprint density at radius 1 is 0.674 bits per heavy atom. The smallest absolute Gasteiger partial charge is 0.333 e. The van der Waals surface area contributed by atoms with Gasteiger partial charge >= 0.3 is 11.9 Å². The molecule has 5 nitrogen and oxygen atoms in total. The highest BCUT2D eigenvalue weighted by Gasteiger charge is 2.46. The Balaban J connectivity index is 3.22. The van der Waals surface area contributed by atoms with Crippen molar-refractivity contribution < 1.29 is 24.2 Å². The summed E-state index contributed by atoms with van der Waals surface area (Å²) in [6.07, 6.45) is 26.1. The third-order valence-electron chi connectivity index (χ3n) is 9.27. The van der Waals surface area contributed by atoms with E-state index in [0.717, 1.165) is 0 Å². The van der Waals surface area contributed by atoms with Crippen molar-refractivity contribution in [3.63, 3.8) is 0 Å². The second-order valence-corrected chi connectivity index (χ2v) is 17.9. The molecular weight excluding hydrogens is 591 g/mol. The standard InChI is InChI=1S/C40H70O5P/c1-6-9-12-15-18-24-29-46(30-25-19-16-13-10-7-2,31-26-20-17-14-11-8-3)38(36-27-22-21-23-28-36)32-39(42)44-33-37(41)34-45-40(43)35(4)5/h21-23,27-28,37-38,41H,4,6-20,24-26,29-34H2,1-3,5H3/q+1. The number of aliphatic hydroxyl groups is 1. The lowest BCUT2D eigenvalue weighted by Gasteiger charge is -2.36. The summed E-state index contributed by atoms with van der Waals surface area (Å²) in [4.78, 5) is 25.3. The number of unbranched alkanes of at least 4 members (excludes halogenated alkanes) is 15. The van der Waals surface area contributed by atoms with E-state index in [9.17, 15) is 14.7 Å². The Labute approximate surface area is 284 Å². The minimum Gasteiger partial charge on any atom is -0.463 e. The Morgan fingerprint density at radius 3 is 1.52 bits per heavy atom. The fourth-order valence-corrected chi connectivity index (χ4v) is 12.0. The minimum absolute atomic E-state index is 0.168. The molecule has 0 aliphatic rings. The van der Waals surface area contributed by atoms with E-state index in [1.807, 2.05) is 0 Å². The molecule has 1 aromatic rings. The average Bonchev–Trinajstić information content (AvgIpc) is 3.06. The molecule has 0 bridgehead atoms. The number of hydrogen-bond donors (Lipinski definition) is 1. The molecule has 1 aromatic carbocycles. The molecule has 0 aromatic heterocycles. The molecule has 46 heavy (non-hydrogen) atoms. The van der Waals surface area contributed by atoms with Crippen LogP contribution in [0.15, 0.2) is 42.5 Å². The van der Waals surface area contributed by atoms with Gasteiger partial charge in [-0.1, -0.05) is 135 Å². The summed E-state index contributed by atoms with van der Waals surface area (Å²) in [5.74, 6) is -0.819. The predicted octanol–water partition coefficient (Wildman–Crippen LogP) is 11.2. The van der Waals surface area contributed by atoms with Crippen LogP contribution in [0.3, 0.4) is 0 Å². The van der Waals surface area contributed by atoms with E-state index >= 15 is 0 Å². The molecule has 264 valence electrons. The van der Waals surface area contributed by atoms with Crippen molar-refractivity contribution >= 4 is 19.2 Å². The molecule has 2 unspecified atom stereocenters. The summed E-state index contributed by atoms with van der Waals surface area (Å²) in [5.41, 5.74) is 1.71. The van der Waals surface area contributed by atoms with Crippen LogP contribution < -0.4 is 0 Å². The Bertz CT molecular complexity index is 877. The van der Waals surface area contributed by atoms with Crippen molar-refractivity contribution in [2.45, 2.75) is 161 Å². The number of benzene rings is 1. The van der Waals surface area contributed by atoms with Crippen LogP contribution in [-0.4, -0.2) is 54.8 Å². The summed E-state index contributed by atoms with van der Waals surface area (Å²) in [6, 6.07) is 10.7. The van der Waals surface area contributed by atoms with Crippen LogP contribution in [0.25, 0.3) is 0 Å². The molecule has 0 aliphatic heterocycles. The summed E-state index contributed by atoms with van der Waals surface area (Å²) in [5, 5.41) is 10.4. The van der Waals surface area contributed by atoms with Crippen molar-refractivity contribution in [3.8, 4) is 0 Å². The third kappa shape index (κ3) is 19.2. The van der Waals surface area contributed by atoms with Crippen LogP contribution in [0, 0.1) is 0 Å². The van der Waals surface area contributed by atoms with Gasteiger partial charge in [0.1, 0.15) is 25.0 Å². The summed E-state index contributed by atoms with van der Waals surface area (Å²) < 4.78 is 10.7. The van der Waals surface area contributed by atoms with E-state index in [0.29, 0.717) is 6.42 Å². The van der Waals surface area contributed by atoms with Crippen molar-refractivity contribution in [2.24, 2.45) is 0 Å². The van der Waals surface area contributed by atoms with Crippen molar-refractivity contribution in [2.75, 3.05) is 31.7 Å². The fourth-order valence-electron chi connectivity index (χ4n) is 6.48. The monoisotopic (exact) mass is 661 g/mol. The van der Waals surface area contributed by atoms with Crippen LogP contribution in [0.1, 0.15) is 161 Å². The lowest BCUT2D eigenvalue weighted by molar-refractivity contribution is -0.150. The molecule has 0 heterocycles. The van der Waals surface area contributed by atoms with Gasteiger partial charge in [0.2, 0.25) is 0 Å². The number of esters is 2. The fraction of sp³-hybridized carbons (Fsp3) is 0.750. The summed E-state index contributed by atoms with van der Waals surface area (Å²) in [6.45, 7) is 11.6. The highest BCUT2D eigenvalue weighted by Crippen LogP contribution is 2.72. The number of rotatable bonds is 30. The molecule has 0 spiro atoms. The molecule has 0 fully saturated rings. The van der Waals surface area contributed by atoms with Crippen LogP contribution >= 0.6 is 7.26 Å². The van der Waals surface area contributed by atoms with E-state index < -0.39 is 19.3 Å². The van der Waals surface area contributed by atoms with Crippen molar-refractivity contribution in [1.29, 1.82) is 0 Å². The van der Waals surface area contributed by atoms with Crippen LogP contribution in [0.5, 0.6) is 0 Å². The van der Waals surface area contributed by atoms with Gasteiger partial charge in [-0.05, 0) is 51.0 Å². The Morgan fingerprint density at radius 2 is 1.09 bits per heavy atom. The number of ether oxygens (including phenoxy) is 2. The van der Waals surface area contributed by atoms with Gasteiger partial charge in [-0.25, -0.2) is 4.79 Å². The van der Waals surface area contributed by atoms with E-state index in [1.54, 1.807) is 6.92 Å². The van der Waals surface area contributed by atoms with E-state index in [-0.39, 0.29) is 30.4 Å². The average molecular weight is 662 g/mol. The quantitative estimate of drug-likeness (QED) is 0.0384. The SMILES string of the molecule is C=C(C)C(=O)OCC(O)COC(=O)CC(c1ccccc1)[P+](CCCCCCCC)(CCCCCCCC)CCCCCCCC. The highest BCUT2D eigenvalue weighted by atomic mass is 31.2. The third-order valence-corrected chi connectivity index (χ3v) is 14.7. The van der Waals surface area contributed by atoms with Crippen LogP contribution in [-0.2, 0) is 19.1 Å². The van der Waals surface area contributed by atoms with Gasteiger partial charge < -0.3 is 14.6 Å². The molecular formula is C40H70O5P+. The zero-order valence-electron chi connectivity index (χ0n) is 30.2. The predicted molar refractivity (Wildman–Crippen MR) is 198 cm³/mol. The molecule has 0 radical (unpaired) electrons. The first kappa shape index (κ1) is 42.3. The summed E-state index contributed by atoms with van der Waals surface area (Å²) >= 11 is 0. The maximum atomic E-state index is 13.5. The lowest BCUT2D eigenvalue weighted by atomic mass is 10.1. The van der Waals surface area contributed by atoms with Gasteiger partial charge in [0, 0.05) is 12.8 Å². The number of hydrogen-bond acceptors (Lipinski definition) is 5. The summed E-state index contributed by atoms with van der Waals surface area (Å²) in [7, 11) is -1.58. The zero-order chi connectivity index (χ0) is 33.9. The zero-order valence-corrected chi connectivity index (χ0v) is 31.1. The van der Waals surface area contributed by atoms with Gasteiger partial charge in [0.15, 0.2) is 0 Å². The van der Waals surface area contributed by atoms with Gasteiger partial charge in [0.05, 0.1) is 24.9 Å². The number of carbonyl (C=O) groups excluding carboxylic acids is 2. The Hall–Kier alpha value is -1.71. The van der Waals surface area contributed by atoms with Gasteiger partial charge in [-0.2, -0.15) is 0 Å². The highest BCUT2D eigenvalue weighted by molar-refractivity contribution is 7.76. The first-order valence-electron chi connectivity index (χ1n) is 18.9. The largest absolute Gasteiger partial charge is 0.463 e. The second kappa shape index (κ2) is 27.3. The van der Waals surface area contributed by atoms with E-state index in [1.165, 1.54) is 140 Å². The molecule has 0 saturated carbocycles. The maximum absolute atomic E-state index is 13.5. The first-order valence-corrected chi connectivity index (χ1v) is 21.3. The number of carbonyl (C=O) groups is 2. The van der Waals surface area contributed by atoms with Crippen molar-refractivity contribution in [1.82, 2.24) is 0 Å². The Kier molecular flexibility index (Phi) is 25.1. The lowest BCUT2D eigenvalue weighted by Crippen LogP contribution is -2.27. The maximum Gasteiger partial charge on any atom is 0.333 e. The molecule has 0 amide bonds. The topological polar surface area (TPSA) is 72.8 Å². The minimum atomic E-state index is -1.58. The van der Waals surface area contributed by atoms with Gasteiger partial charge in [0.25, 0.3) is 0 Å². The molecule has 1 rings (SSSR count). The van der Waals surface area contributed by atoms with Crippen LogP contribution in [0.4, 0.5) is 0 Å². The number of aliphatic hydroxyl groups excluding tert-OH is 1. The van der Waals surface area contributed by atoms with Crippen LogP contribution in [0.2, 0.25) is 0 Å². The molecule has 1 N–H and O–H groups in total. The molecule has 0 aliphatic carbocycles. The molecule has 2 atom stereocenters. The van der Waals surface area contributed by atoms with Crippen molar-refractivity contribution in [3.05, 3.63) is 48.0 Å². The molecule has 0 saturated heterocycles. The van der Waals surface area contributed by atoms with E-state index in [2.05, 4.69) is 57.7 Å². The van der Waals surface area contributed by atoms with Gasteiger partial charge in [-0.15, -0.1) is 0 Å². The van der Waals surface area contributed by atoms with Gasteiger partial charge in [-0.3, -0.25) is 4.79 Å². The normalized spacial score (nSPS) is 12.9. The van der Waals surface area contributed by atoms with E-state index in [4.69, 9.17) is 9.47 Å². The first-order chi connectivity index (χ1) is 22.3. The second-order valence-electron chi connectivity index (χ2n) is 13.5. The molecule has 6 heteroatoms.